The Morgan fingerprint density at radius 3 is 1.73 bits per heavy atom. The molecule has 2 heteroatoms. The average Bonchev–Trinajstić information content (AvgIpc) is 1.96. The third-order valence-corrected chi connectivity index (χ3v) is 3.47. The van der Waals surface area contributed by atoms with E-state index in [1.807, 2.05) is 0 Å². The zero-order valence-electron chi connectivity index (χ0n) is 7.67. The standard InChI is InChI=1S/C9H16Cl2/c1-7(2,3)5-8(4)6-9(8,10)11/h5-6H2,1-4H3. The fourth-order valence-corrected chi connectivity index (χ4v) is 2.53. The molecule has 0 radical (unpaired) electrons. The molecule has 0 amide bonds. The maximum atomic E-state index is 6.02. The van der Waals surface area contributed by atoms with E-state index < -0.39 is 4.33 Å². The van der Waals surface area contributed by atoms with E-state index in [1.54, 1.807) is 0 Å². The summed E-state index contributed by atoms with van der Waals surface area (Å²) in [5, 5.41) is 0. The van der Waals surface area contributed by atoms with Crippen molar-refractivity contribution < 1.29 is 0 Å². The second kappa shape index (κ2) is 2.29. The van der Waals surface area contributed by atoms with E-state index in [9.17, 15) is 0 Å². The third kappa shape index (κ3) is 2.03. The van der Waals surface area contributed by atoms with Crippen molar-refractivity contribution in [3.05, 3.63) is 0 Å². The molecule has 0 heterocycles. The minimum Gasteiger partial charge on any atom is -0.101 e. The molecule has 1 aliphatic rings. The van der Waals surface area contributed by atoms with Crippen molar-refractivity contribution in [1.82, 2.24) is 0 Å². The molecule has 0 spiro atoms. The van der Waals surface area contributed by atoms with Gasteiger partial charge in [-0.1, -0.05) is 27.7 Å². The lowest BCUT2D eigenvalue weighted by atomic mass is 9.84. The highest BCUT2D eigenvalue weighted by Crippen LogP contribution is 2.67. The quantitative estimate of drug-likeness (QED) is 0.554. The van der Waals surface area contributed by atoms with Crippen molar-refractivity contribution in [3.8, 4) is 0 Å². The summed E-state index contributed by atoms with van der Waals surface area (Å²) in [6.07, 6.45) is 2.05. The third-order valence-electron chi connectivity index (χ3n) is 2.29. The van der Waals surface area contributed by atoms with Crippen molar-refractivity contribution in [2.24, 2.45) is 10.8 Å². The van der Waals surface area contributed by atoms with Crippen LogP contribution in [0.4, 0.5) is 0 Å². The molecule has 0 aliphatic heterocycles. The molecule has 1 unspecified atom stereocenters. The van der Waals surface area contributed by atoms with Crippen molar-refractivity contribution in [2.75, 3.05) is 0 Å². The number of alkyl halides is 2. The fourth-order valence-electron chi connectivity index (χ4n) is 1.81. The summed E-state index contributed by atoms with van der Waals surface area (Å²) in [5.41, 5.74) is 0.495. The van der Waals surface area contributed by atoms with E-state index in [0.29, 0.717) is 5.41 Å². The Morgan fingerprint density at radius 2 is 1.64 bits per heavy atom. The first kappa shape index (κ1) is 9.67. The Hall–Kier alpha value is 0.580. The lowest BCUT2D eigenvalue weighted by Gasteiger charge is -2.24. The van der Waals surface area contributed by atoms with Crippen LogP contribution in [0.1, 0.15) is 40.5 Å². The van der Waals surface area contributed by atoms with E-state index in [1.165, 1.54) is 0 Å². The van der Waals surface area contributed by atoms with Crippen LogP contribution in [-0.4, -0.2) is 4.33 Å². The second-order valence-electron chi connectivity index (χ2n) is 5.18. The summed E-state index contributed by atoms with van der Waals surface area (Å²) in [6.45, 7) is 8.83. The second-order valence-corrected chi connectivity index (χ2v) is 6.66. The summed E-state index contributed by atoms with van der Waals surface area (Å²) in [5.74, 6) is 0. The molecule has 11 heavy (non-hydrogen) atoms. The van der Waals surface area contributed by atoms with Gasteiger partial charge in [-0.3, -0.25) is 0 Å². The monoisotopic (exact) mass is 194 g/mol. The summed E-state index contributed by atoms with van der Waals surface area (Å²) in [4.78, 5) is 0. The maximum absolute atomic E-state index is 6.02. The van der Waals surface area contributed by atoms with Crippen LogP contribution in [0.5, 0.6) is 0 Å². The van der Waals surface area contributed by atoms with Crippen LogP contribution in [0.3, 0.4) is 0 Å². The van der Waals surface area contributed by atoms with E-state index >= 15 is 0 Å². The van der Waals surface area contributed by atoms with Crippen LogP contribution in [0.2, 0.25) is 0 Å². The van der Waals surface area contributed by atoms with Gasteiger partial charge >= 0.3 is 0 Å². The van der Waals surface area contributed by atoms with Gasteiger partial charge in [0.05, 0.1) is 0 Å². The van der Waals surface area contributed by atoms with E-state index in [2.05, 4.69) is 27.7 Å². The zero-order valence-corrected chi connectivity index (χ0v) is 9.18. The van der Waals surface area contributed by atoms with Gasteiger partial charge in [0, 0.05) is 5.41 Å². The lowest BCUT2D eigenvalue weighted by Crippen LogP contribution is -2.15. The normalized spacial score (nSPS) is 35.5. The van der Waals surface area contributed by atoms with Crippen LogP contribution < -0.4 is 0 Å². The van der Waals surface area contributed by atoms with Crippen LogP contribution >= 0.6 is 23.2 Å². The Labute approximate surface area is 79.3 Å². The fraction of sp³-hybridized carbons (Fsp3) is 1.00. The summed E-state index contributed by atoms with van der Waals surface area (Å²) in [7, 11) is 0. The van der Waals surface area contributed by atoms with Gasteiger partial charge < -0.3 is 0 Å². The predicted octanol–water partition coefficient (Wildman–Crippen LogP) is 4.01. The Morgan fingerprint density at radius 1 is 1.27 bits per heavy atom. The molecule has 0 saturated heterocycles. The molecular formula is C9H16Cl2. The highest BCUT2D eigenvalue weighted by atomic mass is 35.5. The lowest BCUT2D eigenvalue weighted by molar-refractivity contribution is 0.291. The minimum atomic E-state index is -0.444. The first-order chi connectivity index (χ1) is 4.66. The molecule has 1 atom stereocenters. The molecule has 0 bridgehead atoms. The highest BCUT2D eigenvalue weighted by Gasteiger charge is 2.63. The van der Waals surface area contributed by atoms with Gasteiger partial charge in [-0.15, -0.1) is 23.2 Å². The molecule has 0 nitrogen and oxygen atoms in total. The van der Waals surface area contributed by atoms with Crippen molar-refractivity contribution in [3.63, 3.8) is 0 Å². The number of rotatable bonds is 1. The van der Waals surface area contributed by atoms with Gasteiger partial charge in [0.25, 0.3) is 0 Å². The van der Waals surface area contributed by atoms with Gasteiger partial charge in [0.1, 0.15) is 4.33 Å². The molecule has 1 saturated carbocycles. The molecule has 0 aromatic carbocycles. The Balaban J connectivity index is 2.54. The van der Waals surface area contributed by atoms with Gasteiger partial charge in [-0.25, -0.2) is 0 Å². The molecule has 0 aromatic rings. The van der Waals surface area contributed by atoms with Crippen LogP contribution in [0, 0.1) is 10.8 Å². The highest BCUT2D eigenvalue weighted by molar-refractivity contribution is 6.51. The van der Waals surface area contributed by atoms with Crippen LogP contribution in [0.25, 0.3) is 0 Å². The minimum absolute atomic E-state index is 0.161. The maximum Gasteiger partial charge on any atom is 0.124 e. The van der Waals surface area contributed by atoms with Gasteiger partial charge in [-0.2, -0.15) is 0 Å². The number of hydrogen-bond donors (Lipinski definition) is 0. The number of hydrogen-bond acceptors (Lipinski definition) is 0. The van der Waals surface area contributed by atoms with Gasteiger partial charge in [-0.05, 0) is 18.3 Å². The Kier molecular flexibility index (Phi) is 2.01. The SMILES string of the molecule is CC(C)(C)CC1(C)CC1(Cl)Cl. The van der Waals surface area contributed by atoms with E-state index in [4.69, 9.17) is 23.2 Å². The van der Waals surface area contributed by atoms with Crippen LogP contribution in [-0.2, 0) is 0 Å². The first-order valence-corrected chi connectivity index (χ1v) is 4.80. The first-order valence-electron chi connectivity index (χ1n) is 4.04. The molecule has 0 N–H and O–H groups in total. The van der Waals surface area contributed by atoms with Crippen molar-refractivity contribution in [1.29, 1.82) is 0 Å². The van der Waals surface area contributed by atoms with Gasteiger partial charge in [0.15, 0.2) is 0 Å². The van der Waals surface area contributed by atoms with Crippen LogP contribution in [0.15, 0.2) is 0 Å². The molecule has 1 aliphatic carbocycles. The smallest absolute Gasteiger partial charge is 0.101 e. The van der Waals surface area contributed by atoms with Crippen molar-refractivity contribution >= 4 is 23.2 Å². The average molecular weight is 195 g/mol. The van der Waals surface area contributed by atoms with Gasteiger partial charge in [0.2, 0.25) is 0 Å². The Bertz CT molecular complexity index is 167. The van der Waals surface area contributed by atoms with E-state index in [-0.39, 0.29) is 5.41 Å². The summed E-state index contributed by atoms with van der Waals surface area (Å²) in [6, 6.07) is 0. The molecule has 0 aromatic heterocycles. The predicted molar refractivity (Wildman–Crippen MR) is 51.2 cm³/mol. The molecule has 66 valence electrons. The zero-order chi connectivity index (χ0) is 8.91. The topological polar surface area (TPSA) is 0 Å². The molecule has 1 rings (SSSR count). The largest absolute Gasteiger partial charge is 0.124 e. The molecular weight excluding hydrogens is 179 g/mol. The summed E-state index contributed by atoms with van der Waals surface area (Å²) < 4.78 is -0.444. The molecule has 1 fully saturated rings. The summed E-state index contributed by atoms with van der Waals surface area (Å²) >= 11 is 12.0. The van der Waals surface area contributed by atoms with E-state index in [0.717, 1.165) is 12.8 Å². The van der Waals surface area contributed by atoms with Crippen molar-refractivity contribution in [2.45, 2.75) is 44.9 Å². The number of halogens is 2.